The summed E-state index contributed by atoms with van der Waals surface area (Å²) in [5.41, 5.74) is 6.72. The molecule has 0 aromatic heterocycles. The van der Waals surface area contributed by atoms with E-state index in [9.17, 15) is 8.42 Å². The number of nitrogens with two attached hydrogens (primary N) is 2. The third-order valence-electron chi connectivity index (χ3n) is 2.68. The molecule has 0 heterocycles. The zero-order chi connectivity index (χ0) is 14.6. The lowest BCUT2D eigenvalue weighted by Crippen LogP contribution is -2.23. The Labute approximate surface area is 114 Å². The molecular formula is C12H22N4O2S. The van der Waals surface area contributed by atoms with Gasteiger partial charge < -0.3 is 16.0 Å². The molecule has 1 rings (SSSR count). The fourth-order valence-corrected chi connectivity index (χ4v) is 2.27. The molecule has 0 aliphatic rings. The summed E-state index contributed by atoms with van der Waals surface area (Å²) >= 11 is 0. The van der Waals surface area contributed by atoms with Crippen molar-refractivity contribution in [2.75, 3.05) is 31.7 Å². The Hall–Kier alpha value is -1.31. The first kappa shape index (κ1) is 15.7. The van der Waals surface area contributed by atoms with E-state index in [-0.39, 0.29) is 10.9 Å². The van der Waals surface area contributed by atoms with Gasteiger partial charge in [0.1, 0.15) is 0 Å². The minimum absolute atomic E-state index is 0.0230. The van der Waals surface area contributed by atoms with Crippen molar-refractivity contribution in [2.45, 2.75) is 24.3 Å². The van der Waals surface area contributed by atoms with Crippen LogP contribution in [-0.2, 0) is 10.0 Å². The standard InChI is InChI=1S/C12H22N4O2S/c1-9(4-5-16(2)3)15-11-6-10(13)7-12(8-11)19(14,17)18/h6-9,15H,4-5,13H2,1-3H3,(H2,14,17,18). The predicted molar refractivity (Wildman–Crippen MR) is 78.5 cm³/mol. The first-order chi connectivity index (χ1) is 8.68. The van der Waals surface area contributed by atoms with Crippen LogP contribution in [0.5, 0.6) is 0 Å². The Kier molecular flexibility index (Phi) is 5.16. The molecule has 0 aliphatic carbocycles. The maximum Gasteiger partial charge on any atom is 0.238 e. The van der Waals surface area contributed by atoms with Gasteiger partial charge in [-0.05, 0) is 52.2 Å². The van der Waals surface area contributed by atoms with Gasteiger partial charge in [-0.3, -0.25) is 0 Å². The molecule has 0 aliphatic heterocycles. The molecule has 1 atom stereocenters. The zero-order valence-electron chi connectivity index (χ0n) is 11.6. The second-order valence-electron chi connectivity index (χ2n) is 4.97. The second kappa shape index (κ2) is 6.23. The lowest BCUT2D eigenvalue weighted by molar-refractivity contribution is 0.390. The van der Waals surface area contributed by atoms with Crippen LogP contribution in [0.1, 0.15) is 13.3 Å². The number of nitrogens with zero attached hydrogens (tertiary/aromatic N) is 1. The molecule has 0 spiro atoms. The summed E-state index contributed by atoms with van der Waals surface area (Å²) in [6, 6.07) is 4.75. The maximum absolute atomic E-state index is 11.3. The molecular weight excluding hydrogens is 264 g/mol. The van der Waals surface area contributed by atoms with Crippen molar-refractivity contribution in [1.29, 1.82) is 0 Å². The minimum Gasteiger partial charge on any atom is -0.399 e. The molecule has 7 heteroatoms. The largest absolute Gasteiger partial charge is 0.399 e. The molecule has 0 bridgehead atoms. The van der Waals surface area contributed by atoms with E-state index in [4.69, 9.17) is 10.9 Å². The van der Waals surface area contributed by atoms with Gasteiger partial charge in [0, 0.05) is 17.4 Å². The average molecular weight is 286 g/mol. The predicted octanol–water partition coefficient (Wildman–Crippen LogP) is 0.668. The van der Waals surface area contributed by atoms with Crippen LogP contribution in [0.2, 0.25) is 0 Å². The first-order valence-corrected chi connectivity index (χ1v) is 7.58. The Morgan fingerprint density at radius 1 is 1.32 bits per heavy atom. The third kappa shape index (κ3) is 5.46. The summed E-state index contributed by atoms with van der Waals surface area (Å²) in [7, 11) is 0.275. The van der Waals surface area contributed by atoms with E-state index in [1.54, 1.807) is 6.07 Å². The topological polar surface area (TPSA) is 101 Å². The lowest BCUT2D eigenvalue weighted by atomic mass is 10.2. The summed E-state index contributed by atoms with van der Waals surface area (Å²) in [6.45, 7) is 2.97. The number of nitrogen functional groups attached to an aromatic ring is 1. The van der Waals surface area contributed by atoms with Crippen LogP contribution in [-0.4, -0.2) is 40.0 Å². The number of hydrogen-bond donors (Lipinski definition) is 3. The highest BCUT2D eigenvalue weighted by molar-refractivity contribution is 7.89. The van der Waals surface area contributed by atoms with Crippen LogP contribution in [0.4, 0.5) is 11.4 Å². The van der Waals surface area contributed by atoms with Gasteiger partial charge >= 0.3 is 0 Å². The number of anilines is 2. The maximum atomic E-state index is 11.3. The van der Waals surface area contributed by atoms with Crippen molar-refractivity contribution in [1.82, 2.24) is 4.90 Å². The van der Waals surface area contributed by atoms with Gasteiger partial charge in [-0.15, -0.1) is 0 Å². The molecule has 1 aromatic carbocycles. The third-order valence-corrected chi connectivity index (χ3v) is 3.57. The van der Waals surface area contributed by atoms with Crippen molar-refractivity contribution < 1.29 is 8.42 Å². The number of sulfonamides is 1. The van der Waals surface area contributed by atoms with Crippen molar-refractivity contribution in [3.63, 3.8) is 0 Å². The van der Waals surface area contributed by atoms with E-state index in [0.29, 0.717) is 11.4 Å². The summed E-state index contributed by atoms with van der Waals surface area (Å²) < 4.78 is 22.7. The van der Waals surface area contributed by atoms with E-state index < -0.39 is 10.0 Å². The molecule has 0 fully saturated rings. The molecule has 0 saturated heterocycles. The van der Waals surface area contributed by atoms with E-state index >= 15 is 0 Å². The molecule has 1 unspecified atom stereocenters. The van der Waals surface area contributed by atoms with Gasteiger partial charge in [-0.1, -0.05) is 0 Å². The minimum atomic E-state index is -3.74. The van der Waals surface area contributed by atoms with Crippen LogP contribution in [0.15, 0.2) is 23.1 Å². The van der Waals surface area contributed by atoms with Gasteiger partial charge in [0.2, 0.25) is 10.0 Å². The number of benzene rings is 1. The monoisotopic (exact) mass is 286 g/mol. The summed E-state index contributed by atoms with van der Waals surface area (Å²) in [5, 5.41) is 8.33. The van der Waals surface area contributed by atoms with Crippen LogP contribution in [0.3, 0.4) is 0 Å². The van der Waals surface area contributed by atoms with Gasteiger partial charge in [0.05, 0.1) is 4.90 Å². The molecule has 1 aromatic rings. The number of rotatable bonds is 6. The Bertz CT molecular complexity index is 529. The molecule has 0 saturated carbocycles. The summed E-state index contributed by atoms with van der Waals surface area (Å²) in [5.74, 6) is 0. The quantitative estimate of drug-likeness (QED) is 0.667. The number of primary sulfonamides is 1. The van der Waals surface area contributed by atoms with Crippen LogP contribution >= 0.6 is 0 Å². The Balaban J connectivity index is 2.81. The Morgan fingerprint density at radius 2 is 1.95 bits per heavy atom. The van der Waals surface area contributed by atoms with Crippen molar-refractivity contribution >= 4 is 21.4 Å². The van der Waals surface area contributed by atoms with Crippen molar-refractivity contribution in [3.8, 4) is 0 Å². The Morgan fingerprint density at radius 3 is 2.47 bits per heavy atom. The van der Waals surface area contributed by atoms with E-state index in [1.165, 1.54) is 12.1 Å². The number of nitrogens with one attached hydrogen (secondary N) is 1. The summed E-state index contributed by atoms with van der Waals surface area (Å²) in [6.07, 6.45) is 0.937. The summed E-state index contributed by atoms with van der Waals surface area (Å²) in [4.78, 5) is 2.11. The molecule has 108 valence electrons. The van der Waals surface area contributed by atoms with E-state index in [0.717, 1.165) is 13.0 Å². The van der Waals surface area contributed by atoms with Crippen LogP contribution in [0, 0.1) is 0 Å². The lowest BCUT2D eigenvalue weighted by Gasteiger charge is -2.18. The van der Waals surface area contributed by atoms with Gasteiger partial charge in [0.15, 0.2) is 0 Å². The highest BCUT2D eigenvalue weighted by atomic mass is 32.2. The van der Waals surface area contributed by atoms with Crippen LogP contribution in [0.25, 0.3) is 0 Å². The zero-order valence-corrected chi connectivity index (χ0v) is 12.4. The molecule has 0 radical (unpaired) electrons. The van der Waals surface area contributed by atoms with Gasteiger partial charge in [0.25, 0.3) is 0 Å². The average Bonchev–Trinajstić information content (AvgIpc) is 2.24. The fourth-order valence-electron chi connectivity index (χ4n) is 1.68. The molecule has 19 heavy (non-hydrogen) atoms. The van der Waals surface area contributed by atoms with Crippen molar-refractivity contribution in [3.05, 3.63) is 18.2 Å². The second-order valence-corrected chi connectivity index (χ2v) is 6.53. The van der Waals surface area contributed by atoms with Gasteiger partial charge in [-0.25, -0.2) is 13.6 Å². The molecule has 5 N–H and O–H groups in total. The normalized spacial score (nSPS) is 13.5. The molecule has 6 nitrogen and oxygen atoms in total. The highest BCUT2D eigenvalue weighted by Gasteiger charge is 2.11. The van der Waals surface area contributed by atoms with Crippen molar-refractivity contribution in [2.24, 2.45) is 5.14 Å². The smallest absolute Gasteiger partial charge is 0.238 e. The van der Waals surface area contributed by atoms with Crippen LogP contribution < -0.4 is 16.2 Å². The first-order valence-electron chi connectivity index (χ1n) is 6.03. The van der Waals surface area contributed by atoms with E-state index in [1.807, 2.05) is 21.0 Å². The fraction of sp³-hybridized carbons (Fsp3) is 0.500. The molecule has 0 amide bonds. The van der Waals surface area contributed by atoms with E-state index in [2.05, 4.69) is 10.2 Å². The van der Waals surface area contributed by atoms with Gasteiger partial charge in [-0.2, -0.15) is 0 Å². The SMILES string of the molecule is CC(CCN(C)C)Nc1cc(N)cc(S(N)(=O)=O)c1. The highest BCUT2D eigenvalue weighted by Crippen LogP contribution is 2.20. The number of hydrogen-bond acceptors (Lipinski definition) is 5.